The van der Waals surface area contributed by atoms with Gasteiger partial charge in [0.1, 0.15) is 0 Å². The zero-order valence-electron chi connectivity index (χ0n) is 7.59. The molecule has 0 bridgehead atoms. The van der Waals surface area contributed by atoms with E-state index in [9.17, 15) is 0 Å². The number of nitrogens with zero attached hydrogens (tertiary/aromatic N) is 1. The Morgan fingerprint density at radius 3 is 2.58 bits per heavy atom. The quantitative estimate of drug-likeness (QED) is 0.710. The van der Waals surface area contributed by atoms with Crippen molar-refractivity contribution >= 4 is 12.4 Å². The van der Waals surface area contributed by atoms with Crippen molar-refractivity contribution < 1.29 is 0 Å². The SMILES string of the molecule is Cl.NCCN1CCCC2(CC2)C1. The summed E-state index contributed by atoms with van der Waals surface area (Å²) in [5.74, 6) is 0. The van der Waals surface area contributed by atoms with Crippen molar-refractivity contribution in [3.8, 4) is 0 Å². The van der Waals surface area contributed by atoms with E-state index in [2.05, 4.69) is 4.90 Å². The molecule has 0 aromatic rings. The first-order chi connectivity index (χ1) is 5.35. The van der Waals surface area contributed by atoms with Crippen molar-refractivity contribution in [3.05, 3.63) is 0 Å². The van der Waals surface area contributed by atoms with Gasteiger partial charge in [0.05, 0.1) is 0 Å². The van der Waals surface area contributed by atoms with Crippen molar-refractivity contribution in [1.82, 2.24) is 4.90 Å². The van der Waals surface area contributed by atoms with Crippen LogP contribution < -0.4 is 5.73 Å². The molecule has 0 amide bonds. The van der Waals surface area contributed by atoms with Gasteiger partial charge in [-0.05, 0) is 37.6 Å². The van der Waals surface area contributed by atoms with Crippen molar-refractivity contribution in [2.24, 2.45) is 11.1 Å². The smallest absolute Gasteiger partial charge is 0.0105 e. The first-order valence-electron chi connectivity index (χ1n) is 4.77. The predicted molar refractivity (Wildman–Crippen MR) is 53.6 cm³/mol. The molecule has 1 saturated carbocycles. The second kappa shape index (κ2) is 3.95. The van der Waals surface area contributed by atoms with Crippen molar-refractivity contribution in [2.75, 3.05) is 26.2 Å². The molecule has 2 rings (SSSR count). The van der Waals surface area contributed by atoms with Gasteiger partial charge in [-0.1, -0.05) is 0 Å². The maximum absolute atomic E-state index is 5.53. The van der Waals surface area contributed by atoms with Gasteiger partial charge < -0.3 is 10.6 Å². The van der Waals surface area contributed by atoms with Gasteiger partial charge in [-0.2, -0.15) is 0 Å². The maximum Gasteiger partial charge on any atom is 0.0105 e. The van der Waals surface area contributed by atoms with Gasteiger partial charge in [0.15, 0.2) is 0 Å². The van der Waals surface area contributed by atoms with Crippen LogP contribution in [-0.4, -0.2) is 31.1 Å². The van der Waals surface area contributed by atoms with Crippen LogP contribution in [0.5, 0.6) is 0 Å². The molecule has 1 aliphatic heterocycles. The molecule has 1 heterocycles. The fourth-order valence-corrected chi connectivity index (χ4v) is 2.27. The van der Waals surface area contributed by atoms with Gasteiger partial charge >= 0.3 is 0 Å². The lowest BCUT2D eigenvalue weighted by atomic mass is 9.95. The minimum absolute atomic E-state index is 0. The summed E-state index contributed by atoms with van der Waals surface area (Å²) in [5, 5.41) is 0. The zero-order chi connectivity index (χ0) is 7.73. The lowest BCUT2D eigenvalue weighted by molar-refractivity contribution is 0.165. The Labute approximate surface area is 80.9 Å². The summed E-state index contributed by atoms with van der Waals surface area (Å²) in [6.07, 6.45) is 5.84. The second-order valence-electron chi connectivity index (χ2n) is 4.17. The molecule has 72 valence electrons. The third-order valence-corrected chi connectivity index (χ3v) is 3.14. The first-order valence-corrected chi connectivity index (χ1v) is 4.77. The van der Waals surface area contributed by atoms with Crippen molar-refractivity contribution in [1.29, 1.82) is 0 Å². The van der Waals surface area contributed by atoms with Gasteiger partial charge in [-0.3, -0.25) is 0 Å². The van der Waals surface area contributed by atoms with E-state index in [1.807, 2.05) is 0 Å². The van der Waals surface area contributed by atoms with Crippen molar-refractivity contribution in [3.63, 3.8) is 0 Å². The average Bonchev–Trinajstić information content (AvgIpc) is 2.70. The third-order valence-electron chi connectivity index (χ3n) is 3.14. The monoisotopic (exact) mass is 190 g/mol. The van der Waals surface area contributed by atoms with E-state index in [4.69, 9.17) is 5.73 Å². The molecule has 0 unspecified atom stereocenters. The predicted octanol–water partition coefficient (Wildman–Crippen LogP) is 1.24. The van der Waals surface area contributed by atoms with E-state index < -0.39 is 0 Å². The molecule has 2 nitrogen and oxygen atoms in total. The van der Waals surface area contributed by atoms with E-state index in [1.54, 1.807) is 0 Å². The van der Waals surface area contributed by atoms with Gasteiger partial charge in [-0.25, -0.2) is 0 Å². The van der Waals surface area contributed by atoms with E-state index in [0.717, 1.165) is 18.5 Å². The molecule has 1 spiro atoms. The van der Waals surface area contributed by atoms with Gasteiger partial charge in [0.25, 0.3) is 0 Å². The summed E-state index contributed by atoms with van der Waals surface area (Å²) >= 11 is 0. The molecule has 12 heavy (non-hydrogen) atoms. The number of piperidine rings is 1. The van der Waals surface area contributed by atoms with Crippen LogP contribution in [0.1, 0.15) is 25.7 Å². The van der Waals surface area contributed by atoms with Crippen molar-refractivity contribution in [2.45, 2.75) is 25.7 Å². The fraction of sp³-hybridized carbons (Fsp3) is 1.00. The Balaban J connectivity index is 0.000000720. The Morgan fingerprint density at radius 2 is 2.00 bits per heavy atom. The minimum atomic E-state index is 0. The molecular weight excluding hydrogens is 172 g/mol. The normalized spacial score (nSPS) is 26.8. The van der Waals surface area contributed by atoms with Gasteiger partial charge in [-0.15, -0.1) is 12.4 Å². The van der Waals surface area contributed by atoms with E-state index in [1.165, 1.54) is 38.8 Å². The average molecular weight is 191 g/mol. The van der Waals surface area contributed by atoms with Crippen LogP contribution in [0, 0.1) is 5.41 Å². The number of likely N-dealkylation sites (tertiary alicyclic amines) is 1. The van der Waals surface area contributed by atoms with Crippen LogP contribution in [0.25, 0.3) is 0 Å². The molecule has 1 aliphatic carbocycles. The molecule has 0 aromatic heterocycles. The summed E-state index contributed by atoms with van der Waals surface area (Å²) in [6, 6.07) is 0. The number of rotatable bonds is 2. The largest absolute Gasteiger partial charge is 0.329 e. The van der Waals surface area contributed by atoms with Crippen LogP contribution in [-0.2, 0) is 0 Å². The van der Waals surface area contributed by atoms with Gasteiger partial charge in [0.2, 0.25) is 0 Å². The minimum Gasteiger partial charge on any atom is -0.329 e. The molecule has 3 heteroatoms. The molecule has 0 atom stereocenters. The van der Waals surface area contributed by atoms with Crippen LogP contribution in [0.3, 0.4) is 0 Å². The Hall–Kier alpha value is 0.210. The first kappa shape index (κ1) is 10.3. The van der Waals surface area contributed by atoms with E-state index in [-0.39, 0.29) is 12.4 Å². The summed E-state index contributed by atoms with van der Waals surface area (Å²) in [6.45, 7) is 4.57. The lowest BCUT2D eigenvalue weighted by Gasteiger charge is -2.32. The molecule has 0 radical (unpaired) electrons. The van der Waals surface area contributed by atoms with Crippen LogP contribution in [0.15, 0.2) is 0 Å². The number of halogens is 1. The molecule has 2 fully saturated rings. The Bertz CT molecular complexity index is 143. The van der Waals surface area contributed by atoms with Crippen LogP contribution in [0.2, 0.25) is 0 Å². The highest BCUT2D eigenvalue weighted by atomic mass is 35.5. The standard InChI is InChI=1S/C9H18N2.ClH/c10-5-7-11-6-1-2-9(8-11)3-4-9;/h1-8,10H2;1H. The highest BCUT2D eigenvalue weighted by Crippen LogP contribution is 2.51. The van der Waals surface area contributed by atoms with Gasteiger partial charge in [0, 0.05) is 19.6 Å². The number of hydrogen-bond acceptors (Lipinski definition) is 2. The lowest BCUT2D eigenvalue weighted by Crippen LogP contribution is -2.39. The van der Waals surface area contributed by atoms with E-state index in [0.29, 0.717) is 0 Å². The molecule has 2 aliphatic rings. The van der Waals surface area contributed by atoms with E-state index >= 15 is 0 Å². The fourth-order valence-electron chi connectivity index (χ4n) is 2.27. The van der Waals surface area contributed by atoms with Crippen LogP contribution in [0.4, 0.5) is 0 Å². The topological polar surface area (TPSA) is 29.3 Å². The highest BCUT2D eigenvalue weighted by Gasteiger charge is 2.44. The maximum atomic E-state index is 5.53. The Morgan fingerprint density at radius 1 is 1.25 bits per heavy atom. The highest BCUT2D eigenvalue weighted by molar-refractivity contribution is 5.85. The third kappa shape index (κ3) is 2.12. The number of hydrogen-bond donors (Lipinski definition) is 1. The molecule has 1 saturated heterocycles. The second-order valence-corrected chi connectivity index (χ2v) is 4.17. The summed E-state index contributed by atoms with van der Waals surface area (Å²) in [5.41, 5.74) is 6.30. The Kier molecular flexibility index (Phi) is 3.38. The zero-order valence-corrected chi connectivity index (χ0v) is 8.41. The summed E-state index contributed by atoms with van der Waals surface area (Å²) in [7, 11) is 0. The summed E-state index contributed by atoms with van der Waals surface area (Å²) in [4.78, 5) is 2.54. The molecule has 2 N–H and O–H groups in total. The molecule has 0 aromatic carbocycles. The number of nitrogens with two attached hydrogens (primary N) is 1. The van der Waals surface area contributed by atoms with Crippen LogP contribution >= 0.6 is 12.4 Å². The molecular formula is C9H19ClN2. The summed E-state index contributed by atoms with van der Waals surface area (Å²) < 4.78 is 0.